The van der Waals surface area contributed by atoms with Crippen LogP contribution < -0.4 is 5.32 Å². The Labute approximate surface area is 74.7 Å². The summed E-state index contributed by atoms with van der Waals surface area (Å²) in [7, 11) is 0. The molecular formula is C10H19NO. The molecule has 0 aromatic heterocycles. The first kappa shape index (κ1) is 9.56. The fourth-order valence-corrected chi connectivity index (χ4v) is 1.95. The molecule has 1 fully saturated rings. The first-order valence-electron chi connectivity index (χ1n) is 5.03. The van der Waals surface area contributed by atoms with Gasteiger partial charge in [-0.05, 0) is 18.8 Å². The molecule has 0 aromatic carbocycles. The first-order chi connectivity index (χ1) is 5.79. The van der Waals surface area contributed by atoms with Crippen molar-refractivity contribution >= 4 is 5.91 Å². The Morgan fingerprint density at radius 1 is 1.42 bits per heavy atom. The second-order valence-corrected chi connectivity index (χ2v) is 3.78. The number of amides is 1. The van der Waals surface area contributed by atoms with Crippen molar-refractivity contribution in [2.45, 2.75) is 45.4 Å². The maximum atomic E-state index is 10.5. The summed E-state index contributed by atoms with van der Waals surface area (Å²) in [6.45, 7) is 2.45. The number of rotatable bonds is 4. The van der Waals surface area contributed by atoms with Crippen LogP contribution in [0.2, 0.25) is 0 Å². The highest BCUT2D eigenvalue weighted by molar-refractivity contribution is 5.72. The monoisotopic (exact) mass is 169 g/mol. The average Bonchev–Trinajstić information content (AvgIpc) is 2.49. The van der Waals surface area contributed by atoms with Crippen LogP contribution >= 0.6 is 0 Å². The van der Waals surface area contributed by atoms with Crippen LogP contribution in [0, 0.1) is 5.92 Å². The lowest BCUT2D eigenvalue weighted by atomic mass is 10.0. The van der Waals surface area contributed by atoms with Crippen LogP contribution in [0.5, 0.6) is 0 Å². The van der Waals surface area contributed by atoms with E-state index in [1.165, 1.54) is 32.1 Å². The molecule has 0 unspecified atom stereocenters. The Morgan fingerprint density at radius 3 is 2.67 bits per heavy atom. The summed E-state index contributed by atoms with van der Waals surface area (Å²) in [6.07, 6.45) is 8.14. The number of nitrogens with one attached hydrogen (secondary N) is 1. The third-order valence-corrected chi connectivity index (χ3v) is 2.64. The van der Waals surface area contributed by atoms with Crippen LogP contribution in [0.1, 0.15) is 45.4 Å². The normalized spacial score (nSPS) is 18.1. The number of carbonyl (C=O) groups excluding carboxylic acids is 1. The van der Waals surface area contributed by atoms with Gasteiger partial charge in [-0.3, -0.25) is 4.79 Å². The molecule has 1 rings (SSSR count). The zero-order valence-electron chi connectivity index (χ0n) is 7.94. The SMILES string of the molecule is CC(=O)NCCCC1CCCC1. The van der Waals surface area contributed by atoms with Gasteiger partial charge >= 0.3 is 0 Å². The molecule has 1 aliphatic rings. The van der Waals surface area contributed by atoms with Crippen LogP contribution in [0.4, 0.5) is 0 Å². The van der Waals surface area contributed by atoms with Crippen molar-refractivity contribution in [1.82, 2.24) is 5.32 Å². The summed E-state index contributed by atoms with van der Waals surface area (Å²) < 4.78 is 0. The molecule has 2 heteroatoms. The van der Waals surface area contributed by atoms with Gasteiger partial charge < -0.3 is 5.32 Å². The first-order valence-corrected chi connectivity index (χ1v) is 5.03. The molecule has 70 valence electrons. The smallest absolute Gasteiger partial charge is 0.216 e. The van der Waals surface area contributed by atoms with Gasteiger partial charge in [0.05, 0.1) is 0 Å². The van der Waals surface area contributed by atoms with Gasteiger partial charge in [0, 0.05) is 13.5 Å². The Balaban J connectivity index is 1.91. The lowest BCUT2D eigenvalue weighted by Gasteiger charge is -2.07. The van der Waals surface area contributed by atoms with Crippen molar-refractivity contribution in [2.24, 2.45) is 5.92 Å². The van der Waals surface area contributed by atoms with E-state index in [-0.39, 0.29) is 5.91 Å². The maximum Gasteiger partial charge on any atom is 0.216 e. The molecular weight excluding hydrogens is 150 g/mol. The number of hydrogen-bond donors (Lipinski definition) is 1. The zero-order valence-corrected chi connectivity index (χ0v) is 7.94. The molecule has 0 aliphatic heterocycles. The van der Waals surface area contributed by atoms with Crippen molar-refractivity contribution in [2.75, 3.05) is 6.54 Å². The summed E-state index contributed by atoms with van der Waals surface area (Å²) in [5.74, 6) is 1.06. The van der Waals surface area contributed by atoms with E-state index in [1.807, 2.05) is 0 Å². The largest absolute Gasteiger partial charge is 0.356 e. The highest BCUT2D eigenvalue weighted by atomic mass is 16.1. The minimum atomic E-state index is 0.0985. The molecule has 2 nitrogen and oxygen atoms in total. The van der Waals surface area contributed by atoms with Crippen molar-refractivity contribution in [1.29, 1.82) is 0 Å². The van der Waals surface area contributed by atoms with E-state index in [2.05, 4.69) is 5.32 Å². The lowest BCUT2D eigenvalue weighted by molar-refractivity contribution is -0.118. The highest BCUT2D eigenvalue weighted by Gasteiger charge is 2.13. The molecule has 1 amide bonds. The van der Waals surface area contributed by atoms with Crippen LogP contribution in [0.3, 0.4) is 0 Å². The fraction of sp³-hybridized carbons (Fsp3) is 0.900. The van der Waals surface area contributed by atoms with E-state index >= 15 is 0 Å². The van der Waals surface area contributed by atoms with E-state index in [4.69, 9.17) is 0 Å². The average molecular weight is 169 g/mol. The van der Waals surface area contributed by atoms with Gasteiger partial charge in [-0.2, -0.15) is 0 Å². The zero-order chi connectivity index (χ0) is 8.81. The molecule has 1 saturated carbocycles. The molecule has 0 aromatic rings. The van der Waals surface area contributed by atoms with Crippen molar-refractivity contribution < 1.29 is 4.79 Å². The van der Waals surface area contributed by atoms with Crippen molar-refractivity contribution in [3.63, 3.8) is 0 Å². The Kier molecular flexibility index (Phi) is 4.12. The second-order valence-electron chi connectivity index (χ2n) is 3.78. The standard InChI is InChI=1S/C10H19NO/c1-9(12)11-8-4-7-10-5-2-3-6-10/h10H,2-8H2,1H3,(H,11,12). The summed E-state index contributed by atoms with van der Waals surface area (Å²) in [5, 5.41) is 2.83. The van der Waals surface area contributed by atoms with Crippen LogP contribution in [-0.4, -0.2) is 12.5 Å². The van der Waals surface area contributed by atoms with Gasteiger partial charge in [-0.1, -0.05) is 25.7 Å². The van der Waals surface area contributed by atoms with Crippen molar-refractivity contribution in [3.05, 3.63) is 0 Å². The molecule has 0 spiro atoms. The summed E-state index contributed by atoms with van der Waals surface area (Å²) in [5.41, 5.74) is 0. The van der Waals surface area contributed by atoms with Gasteiger partial charge in [0.15, 0.2) is 0 Å². The lowest BCUT2D eigenvalue weighted by Crippen LogP contribution is -2.21. The van der Waals surface area contributed by atoms with E-state index in [0.717, 1.165) is 18.9 Å². The third-order valence-electron chi connectivity index (χ3n) is 2.64. The minimum Gasteiger partial charge on any atom is -0.356 e. The Morgan fingerprint density at radius 2 is 2.08 bits per heavy atom. The van der Waals surface area contributed by atoms with E-state index < -0.39 is 0 Å². The Hall–Kier alpha value is -0.530. The van der Waals surface area contributed by atoms with E-state index in [0.29, 0.717) is 0 Å². The molecule has 0 bridgehead atoms. The van der Waals surface area contributed by atoms with Gasteiger partial charge in [0.25, 0.3) is 0 Å². The quantitative estimate of drug-likeness (QED) is 0.641. The molecule has 12 heavy (non-hydrogen) atoms. The van der Waals surface area contributed by atoms with Gasteiger partial charge in [-0.15, -0.1) is 0 Å². The summed E-state index contributed by atoms with van der Waals surface area (Å²) >= 11 is 0. The predicted octanol–water partition coefficient (Wildman–Crippen LogP) is 2.09. The molecule has 0 heterocycles. The molecule has 1 N–H and O–H groups in total. The van der Waals surface area contributed by atoms with Crippen LogP contribution in [0.25, 0.3) is 0 Å². The minimum absolute atomic E-state index is 0.0985. The van der Waals surface area contributed by atoms with Gasteiger partial charge in [0.1, 0.15) is 0 Å². The molecule has 0 saturated heterocycles. The highest BCUT2D eigenvalue weighted by Crippen LogP contribution is 2.28. The second kappa shape index (κ2) is 5.18. The third kappa shape index (κ3) is 3.74. The van der Waals surface area contributed by atoms with E-state index in [1.54, 1.807) is 6.92 Å². The molecule has 1 aliphatic carbocycles. The van der Waals surface area contributed by atoms with Crippen LogP contribution in [0.15, 0.2) is 0 Å². The number of hydrogen-bond acceptors (Lipinski definition) is 1. The predicted molar refractivity (Wildman–Crippen MR) is 49.9 cm³/mol. The van der Waals surface area contributed by atoms with Gasteiger partial charge in [0.2, 0.25) is 5.91 Å². The van der Waals surface area contributed by atoms with Crippen molar-refractivity contribution in [3.8, 4) is 0 Å². The molecule has 0 radical (unpaired) electrons. The summed E-state index contributed by atoms with van der Waals surface area (Å²) in [6, 6.07) is 0. The number of carbonyl (C=O) groups is 1. The molecule has 0 atom stereocenters. The fourth-order valence-electron chi connectivity index (χ4n) is 1.95. The van der Waals surface area contributed by atoms with Gasteiger partial charge in [-0.25, -0.2) is 0 Å². The maximum absolute atomic E-state index is 10.5. The summed E-state index contributed by atoms with van der Waals surface area (Å²) in [4.78, 5) is 10.5. The van der Waals surface area contributed by atoms with E-state index in [9.17, 15) is 4.79 Å². The Bertz CT molecular complexity index is 139. The topological polar surface area (TPSA) is 29.1 Å². The van der Waals surface area contributed by atoms with Crippen LogP contribution in [-0.2, 0) is 4.79 Å².